The van der Waals surface area contributed by atoms with E-state index in [1.54, 1.807) is 7.11 Å². The summed E-state index contributed by atoms with van der Waals surface area (Å²) in [5.41, 5.74) is 5.70. The van der Waals surface area contributed by atoms with Crippen LogP contribution in [0.1, 0.15) is 57.7 Å². The zero-order chi connectivity index (χ0) is 13.9. The molecule has 0 saturated heterocycles. The minimum absolute atomic E-state index is 0.268. The summed E-state index contributed by atoms with van der Waals surface area (Å²) in [4.78, 5) is 4.49. The number of methoxy groups -OCH3 is 1. The first-order valence-corrected chi connectivity index (χ1v) is 7.23. The number of hydrogen-bond donors (Lipinski definition) is 1. The molecule has 1 heterocycles. The smallest absolute Gasteiger partial charge is 0.227 e. The van der Waals surface area contributed by atoms with Gasteiger partial charge in [-0.3, -0.25) is 0 Å². The number of hydrogen-bond acceptors (Lipinski definition) is 5. The largest absolute Gasteiger partial charge is 0.370 e. The molecule has 0 bridgehead atoms. The van der Waals surface area contributed by atoms with Crippen LogP contribution in [0.5, 0.6) is 0 Å². The van der Waals surface area contributed by atoms with Gasteiger partial charge < -0.3 is 15.0 Å². The second kappa shape index (κ2) is 6.01. The third-order valence-electron chi connectivity index (χ3n) is 4.47. The lowest BCUT2D eigenvalue weighted by Gasteiger charge is -2.27. The lowest BCUT2D eigenvalue weighted by atomic mass is 9.83. The zero-order valence-corrected chi connectivity index (χ0v) is 12.2. The molecule has 2 N–H and O–H groups in total. The van der Waals surface area contributed by atoms with E-state index < -0.39 is 5.60 Å². The van der Waals surface area contributed by atoms with E-state index in [0.29, 0.717) is 17.6 Å². The minimum atomic E-state index is -0.462. The Labute approximate surface area is 114 Å². The molecule has 0 amide bonds. The third kappa shape index (κ3) is 3.15. The lowest BCUT2D eigenvalue weighted by Crippen LogP contribution is -2.34. The minimum Gasteiger partial charge on any atom is -0.370 e. The fourth-order valence-electron chi connectivity index (χ4n) is 2.66. The Balaban J connectivity index is 2.04. The molecule has 5 nitrogen and oxygen atoms in total. The van der Waals surface area contributed by atoms with Gasteiger partial charge in [-0.1, -0.05) is 24.9 Å². The molecule has 5 heteroatoms. The van der Waals surface area contributed by atoms with Gasteiger partial charge in [-0.05, 0) is 32.1 Å². The van der Waals surface area contributed by atoms with E-state index in [-0.39, 0.29) is 6.04 Å². The molecule has 1 aromatic heterocycles. The molecule has 0 radical (unpaired) electrons. The summed E-state index contributed by atoms with van der Waals surface area (Å²) in [6.45, 7) is 4.03. The summed E-state index contributed by atoms with van der Waals surface area (Å²) < 4.78 is 10.9. The summed E-state index contributed by atoms with van der Waals surface area (Å²) >= 11 is 0. The summed E-state index contributed by atoms with van der Waals surface area (Å²) in [5, 5.41) is 4.07. The Bertz CT molecular complexity index is 401. The average molecular weight is 267 g/mol. The van der Waals surface area contributed by atoms with Crippen LogP contribution < -0.4 is 5.73 Å². The van der Waals surface area contributed by atoms with Crippen LogP contribution in [-0.4, -0.2) is 23.3 Å². The number of aromatic nitrogens is 2. The SMILES string of the molecule is CCC(C)(OC)c1noc(CC2CCCCC2N)n1. The van der Waals surface area contributed by atoms with Crippen molar-refractivity contribution >= 4 is 0 Å². The molecule has 1 saturated carbocycles. The quantitative estimate of drug-likeness (QED) is 0.886. The van der Waals surface area contributed by atoms with Crippen molar-refractivity contribution < 1.29 is 9.26 Å². The molecule has 1 fully saturated rings. The molecule has 19 heavy (non-hydrogen) atoms. The first kappa shape index (κ1) is 14.5. The molecule has 0 aromatic carbocycles. The van der Waals surface area contributed by atoms with Crippen molar-refractivity contribution in [2.24, 2.45) is 11.7 Å². The van der Waals surface area contributed by atoms with Gasteiger partial charge in [0.05, 0.1) is 0 Å². The summed E-state index contributed by atoms with van der Waals surface area (Å²) in [6, 6.07) is 0.268. The van der Waals surface area contributed by atoms with Gasteiger partial charge in [0.1, 0.15) is 5.60 Å². The van der Waals surface area contributed by atoms with Crippen LogP contribution in [-0.2, 0) is 16.8 Å². The maximum Gasteiger partial charge on any atom is 0.227 e. The summed E-state index contributed by atoms with van der Waals surface area (Å²) in [6.07, 6.45) is 6.36. The van der Waals surface area contributed by atoms with E-state index in [2.05, 4.69) is 17.1 Å². The van der Waals surface area contributed by atoms with Crippen LogP contribution >= 0.6 is 0 Å². The van der Waals surface area contributed by atoms with Gasteiger partial charge in [0.2, 0.25) is 11.7 Å². The Kier molecular flexibility index (Phi) is 4.58. The fraction of sp³-hybridized carbons (Fsp3) is 0.857. The molecule has 3 atom stereocenters. The predicted molar refractivity (Wildman–Crippen MR) is 72.6 cm³/mol. The number of rotatable bonds is 5. The van der Waals surface area contributed by atoms with E-state index in [1.807, 2.05) is 6.92 Å². The van der Waals surface area contributed by atoms with Crippen molar-refractivity contribution in [3.63, 3.8) is 0 Å². The van der Waals surface area contributed by atoms with Gasteiger partial charge in [0.15, 0.2) is 0 Å². The molecule has 0 spiro atoms. The first-order valence-electron chi connectivity index (χ1n) is 7.23. The van der Waals surface area contributed by atoms with Crippen LogP contribution in [0.3, 0.4) is 0 Å². The first-order chi connectivity index (χ1) is 9.09. The number of nitrogens with two attached hydrogens (primary N) is 1. The van der Waals surface area contributed by atoms with Gasteiger partial charge in [0.25, 0.3) is 0 Å². The molecule has 1 aliphatic rings. The second-order valence-corrected chi connectivity index (χ2v) is 5.71. The van der Waals surface area contributed by atoms with Gasteiger partial charge in [-0.2, -0.15) is 4.98 Å². The Morgan fingerprint density at radius 1 is 1.42 bits per heavy atom. The maximum atomic E-state index is 6.16. The van der Waals surface area contributed by atoms with E-state index >= 15 is 0 Å². The van der Waals surface area contributed by atoms with E-state index in [4.69, 9.17) is 15.0 Å². The maximum absolute atomic E-state index is 6.16. The van der Waals surface area contributed by atoms with Crippen molar-refractivity contribution in [2.45, 2.75) is 64.0 Å². The molecule has 0 aliphatic heterocycles. The Morgan fingerprint density at radius 3 is 2.79 bits per heavy atom. The van der Waals surface area contributed by atoms with Crippen LogP contribution in [0.4, 0.5) is 0 Å². The van der Waals surface area contributed by atoms with Crippen molar-refractivity contribution in [1.82, 2.24) is 10.1 Å². The highest BCUT2D eigenvalue weighted by Crippen LogP contribution is 2.28. The van der Waals surface area contributed by atoms with Crippen molar-refractivity contribution in [2.75, 3.05) is 7.11 Å². The predicted octanol–water partition coefficient (Wildman–Crippen LogP) is 2.40. The molecular weight excluding hydrogens is 242 g/mol. The van der Waals surface area contributed by atoms with E-state index in [0.717, 1.165) is 25.7 Å². The highest BCUT2D eigenvalue weighted by atomic mass is 16.5. The summed E-state index contributed by atoms with van der Waals surface area (Å²) in [7, 11) is 1.68. The van der Waals surface area contributed by atoms with Gasteiger partial charge in [0, 0.05) is 19.6 Å². The van der Waals surface area contributed by atoms with Crippen molar-refractivity contribution in [1.29, 1.82) is 0 Å². The Hall–Kier alpha value is -0.940. The van der Waals surface area contributed by atoms with E-state index in [1.165, 1.54) is 12.8 Å². The molecule has 3 unspecified atom stereocenters. The molecule has 2 rings (SSSR count). The molecular formula is C14H25N3O2. The molecule has 108 valence electrons. The van der Waals surface area contributed by atoms with E-state index in [9.17, 15) is 0 Å². The molecule has 1 aromatic rings. The average Bonchev–Trinajstić information content (AvgIpc) is 2.90. The van der Waals surface area contributed by atoms with Gasteiger partial charge >= 0.3 is 0 Å². The standard InChI is InChI=1S/C14H25N3O2/c1-4-14(2,18-3)13-16-12(19-17-13)9-10-7-5-6-8-11(10)15/h10-11H,4-9,15H2,1-3H3. The number of ether oxygens (including phenoxy) is 1. The van der Waals surface area contributed by atoms with Crippen LogP contribution in [0.25, 0.3) is 0 Å². The van der Waals surface area contributed by atoms with Crippen molar-refractivity contribution in [3.05, 3.63) is 11.7 Å². The van der Waals surface area contributed by atoms with Gasteiger partial charge in [-0.15, -0.1) is 0 Å². The third-order valence-corrected chi connectivity index (χ3v) is 4.47. The topological polar surface area (TPSA) is 74.2 Å². The van der Waals surface area contributed by atoms with Crippen LogP contribution in [0.2, 0.25) is 0 Å². The zero-order valence-electron chi connectivity index (χ0n) is 12.2. The normalized spacial score (nSPS) is 27.2. The highest BCUT2D eigenvalue weighted by molar-refractivity contribution is 5.00. The van der Waals surface area contributed by atoms with Crippen LogP contribution in [0, 0.1) is 5.92 Å². The lowest BCUT2D eigenvalue weighted by molar-refractivity contribution is -0.0106. The van der Waals surface area contributed by atoms with Crippen LogP contribution in [0.15, 0.2) is 4.52 Å². The fourth-order valence-corrected chi connectivity index (χ4v) is 2.66. The second-order valence-electron chi connectivity index (χ2n) is 5.71. The number of nitrogens with zero attached hydrogens (tertiary/aromatic N) is 2. The van der Waals surface area contributed by atoms with Gasteiger partial charge in [-0.25, -0.2) is 0 Å². The summed E-state index contributed by atoms with van der Waals surface area (Å²) in [5.74, 6) is 1.79. The van der Waals surface area contributed by atoms with Crippen molar-refractivity contribution in [3.8, 4) is 0 Å². The Morgan fingerprint density at radius 2 is 2.16 bits per heavy atom. The molecule has 1 aliphatic carbocycles. The highest BCUT2D eigenvalue weighted by Gasteiger charge is 2.31. The monoisotopic (exact) mass is 267 g/mol.